The van der Waals surface area contributed by atoms with E-state index in [4.69, 9.17) is 4.74 Å². The number of urea groups is 1. The van der Waals surface area contributed by atoms with Crippen LogP contribution in [-0.2, 0) is 6.61 Å². The molecule has 0 bridgehead atoms. The first-order valence-corrected chi connectivity index (χ1v) is 10.6. The van der Waals surface area contributed by atoms with Gasteiger partial charge >= 0.3 is 6.03 Å². The third-order valence-electron chi connectivity index (χ3n) is 4.46. The molecule has 3 amide bonds. The van der Waals surface area contributed by atoms with E-state index >= 15 is 0 Å². The maximum Gasteiger partial charge on any atom is 0.319 e. The number of carbonyl (C=O) groups is 2. The molecule has 1 aromatic heterocycles. The van der Waals surface area contributed by atoms with Gasteiger partial charge in [0.05, 0.1) is 10.7 Å². The van der Waals surface area contributed by atoms with E-state index in [1.54, 1.807) is 53.8 Å². The monoisotopic (exact) mass is 422 g/mol. The second kappa shape index (κ2) is 8.96. The predicted octanol–water partition coefficient (Wildman–Crippen LogP) is 4.57. The lowest BCUT2D eigenvalue weighted by molar-refractivity contribution is 0.102. The van der Waals surface area contributed by atoms with Crippen molar-refractivity contribution in [1.29, 1.82) is 0 Å². The summed E-state index contributed by atoms with van der Waals surface area (Å²) in [4.78, 5) is 28.7. The van der Waals surface area contributed by atoms with Gasteiger partial charge in [0, 0.05) is 28.4 Å². The molecule has 1 heterocycles. The number of aryl methyl sites for hydroxylation is 1. The van der Waals surface area contributed by atoms with Crippen molar-refractivity contribution >= 4 is 34.6 Å². The molecule has 0 spiro atoms. The molecule has 1 aliphatic rings. The quantitative estimate of drug-likeness (QED) is 0.520. The van der Waals surface area contributed by atoms with E-state index in [1.807, 2.05) is 18.4 Å². The van der Waals surface area contributed by atoms with Crippen LogP contribution in [0.5, 0.6) is 5.75 Å². The number of amides is 3. The molecule has 3 aromatic rings. The first kappa shape index (κ1) is 19.9. The first-order valence-electron chi connectivity index (χ1n) is 9.68. The Morgan fingerprint density at radius 3 is 2.50 bits per heavy atom. The highest BCUT2D eigenvalue weighted by molar-refractivity contribution is 7.09. The maximum absolute atomic E-state index is 12.6. The number of nitrogens with zero attached hydrogens (tertiary/aromatic N) is 1. The second-order valence-corrected chi connectivity index (χ2v) is 8.14. The molecule has 0 unspecified atom stereocenters. The highest BCUT2D eigenvalue weighted by Crippen LogP contribution is 2.20. The van der Waals surface area contributed by atoms with E-state index in [1.165, 1.54) is 0 Å². The van der Waals surface area contributed by atoms with Crippen molar-refractivity contribution in [1.82, 2.24) is 10.3 Å². The van der Waals surface area contributed by atoms with Crippen LogP contribution in [0.4, 0.5) is 16.2 Å². The van der Waals surface area contributed by atoms with Crippen molar-refractivity contribution in [2.75, 3.05) is 10.6 Å². The van der Waals surface area contributed by atoms with Gasteiger partial charge in [-0.15, -0.1) is 11.3 Å². The summed E-state index contributed by atoms with van der Waals surface area (Å²) in [6.07, 6.45) is 2.07. The van der Waals surface area contributed by atoms with Crippen LogP contribution in [0.2, 0.25) is 0 Å². The summed E-state index contributed by atoms with van der Waals surface area (Å²) in [6, 6.07) is 14.1. The molecule has 3 N–H and O–H groups in total. The minimum atomic E-state index is -0.239. The summed E-state index contributed by atoms with van der Waals surface area (Å²) in [5.74, 6) is 0.367. The van der Waals surface area contributed by atoms with Crippen LogP contribution >= 0.6 is 11.3 Å². The predicted molar refractivity (Wildman–Crippen MR) is 117 cm³/mol. The lowest BCUT2D eigenvalue weighted by Crippen LogP contribution is -2.30. The fourth-order valence-electron chi connectivity index (χ4n) is 2.78. The summed E-state index contributed by atoms with van der Waals surface area (Å²) in [5.41, 5.74) is 2.66. The van der Waals surface area contributed by atoms with E-state index in [-0.39, 0.29) is 11.9 Å². The first-order chi connectivity index (χ1) is 14.5. The molecule has 7 nitrogen and oxygen atoms in total. The zero-order chi connectivity index (χ0) is 20.9. The Labute approximate surface area is 178 Å². The van der Waals surface area contributed by atoms with Crippen molar-refractivity contribution in [3.63, 3.8) is 0 Å². The summed E-state index contributed by atoms with van der Waals surface area (Å²) in [7, 11) is 0. The van der Waals surface area contributed by atoms with Crippen molar-refractivity contribution in [3.8, 4) is 5.75 Å². The number of benzene rings is 2. The van der Waals surface area contributed by atoms with Gasteiger partial charge in [0.25, 0.3) is 5.91 Å². The molecular weight excluding hydrogens is 400 g/mol. The molecule has 1 aliphatic carbocycles. The molecule has 0 aliphatic heterocycles. The van der Waals surface area contributed by atoms with Crippen LogP contribution in [-0.4, -0.2) is 23.0 Å². The average Bonchev–Trinajstić information content (AvgIpc) is 3.45. The van der Waals surface area contributed by atoms with Crippen molar-refractivity contribution < 1.29 is 14.3 Å². The van der Waals surface area contributed by atoms with Gasteiger partial charge in [-0.2, -0.15) is 0 Å². The Morgan fingerprint density at radius 1 is 1.10 bits per heavy atom. The Bertz CT molecular complexity index is 1040. The maximum atomic E-state index is 12.6. The van der Waals surface area contributed by atoms with Crippen molar-refractivity contribution in [3.05, 3.63) is 70.2 Å². The van der Waals surface area contributed by atoms with Gasteiger partial charge in [-0.05, 0) is 62.2 Å². The molecule has 1 saturated carbocycles. The summed E-state index contributed by atoms with van der Waals surface area (Å²) >= 11 is 1.58. The number of ether oxygens (including phenoxy) is 1. The van der Waals surface area contributed by atoms with Crippen molar-refractivity contribution in [2.45, 2.75) is 32.4 Å². The Balaban J connectivity index is 1.32. The molecule has 8 heteroatoms. The van der Waals surface area contributed by atoms with Crippen LogP contribution in [0.25, 0.3) is 0 Å². The number of aromatic nitrogens is 1. The minimum Gasteiger partial charge on any atom is -0.487 e. The molecule has 154 valence electrons. The van der Waals surface area contributed by atoms with Crippen LogP contribution in [0.15, 0.2) is 53.9 Å². The number of hydrogen-bond acceptors (Lipinski definition) is 5. The lowest BCUT2D eigenvalue weighted by Gasteiger charge is -2.10. The van der Waals surface area contributed by atoms with Crippen LogP contribution in [0.1, 0.15) is 33.9 Å². The van der Waals surface area contributed by atoms with Gasteiger partial charge in [-0.1, -0.05) is 6.07 Å². The minimum absolute atomic E-state index is 0.209. The number of carbonyl (C=O) groups excluding carboxylic acids is 2. The topological polar surface area (TPSA) is 92.3 Å². The highest BCUT2D eigenvalue weighted by atomic mass is 32.1. The van der Waals surface area contributed by atoms with Crippen LogP contribution < -0.4 is 20.7 Å². The number of nitrogens with one attached hydrogen (secondary N) is 3. The fourth-order valence-corrected chi connectivity index (χ4v) is 3.38. The average molecular weight is 423 g/mol. The molecule has 0 saturated heterocycles. The summed E-state index contributed by atoms with van der Waals surface area (Å²) in [6.45, 7) is 2.31. The van der Waals surface area contributed by atoms with E-state index in [2.05, 4.69) is 20.9 Å². The van der Waals surface area contributed by atoms with Crippen LogP contribution in [0, 0.1) is 6.92 Å². The third-order valence-corrected chi connectivity index (χ3v) is 5.29. The number of anilines is 2. The standard InChI is InChI=1S/C22H22N4O3S/c1-14-23-19(13-30-14)12-29-20-4-2-3-15(11-20)21(27)24-16-5-7-17(8-6-16)25-22(28)26-18-9-10-18/h2-8,11,13,18H,9-10,12H2,1H3,(H,24,27)(H2,25,26,28). The zero-order valence-electron chi connectivity index (χ0n) is 16.5. The highest BCUT2D eigenvalue weighted by Gasteiger charge is 2.23. The Morgan fingerprint density at radius 2 is 1.83 bits per heavy atom. The van der Waals surface area contributed by atoms with Gasteiger partial charge in [0.1, 0.15) is 12.4 Å². The fraction of sp³-hybridized carbons (Fsp3) is 0.227. The Hall–Kier alpha value is -3.39. The smallest absolute Gasteiger partial charge is 0.319 e. The summed E-state index contributed by atoms with van der Waals surface area (Å²) in [5, 5.41) is 11.4. The zero-order valence-corrected chi connectivity index (χ0v) is 17.3. The molecular formula is C22H22N4O3S. The van der Waals surface area contributed by atoms with Crippen molar-refractivity contribution in [2.24, 2.45) is 0 Å². The van der Waals surface area contributed by atoms with E-state index in [0.717, 1.165) is 23.5 Å². The summed E-state index contributed by atoms with van der Waals surface area (Å²) < 4.78 is 5.75. The molecule has 30 heavy (non-hydrogen) atoms. The molecule has 2 aromatic carbocycles. The van der Waals surface area contributed by atoms with Gasteiger partial charge < -0.3 is 20.7 Å². The Kier molecular flexibility index (Phi) is 5.94. The molecule has 1 fully saturated rings. The van der Waals surface area contributed by atoms with Crippen LogP contribution in [0.3, 0.4) is 0 Å². The number of thiazole rings is 1. The SMILES string of the molecule is Cc1nc(COc2cccc(C(=O)Nc3ccc(NC(=O)NC4CC4)cc3)c2)cs1. The number of rotatable bonds is 7. The molecule has 0 radical (unpaired) electrons. The van der Waals surface area contributed by atoms with E-state index < -0.39 is 0 Å². The van der Waals surface area contributed by atoms with Gasteiger partial charge in [-0.25, -0.2) is 9.78 Å². The van der Waals surface area contributed by atoms with E-state index in [9.17, 15) is 9.59 Å². The number of hydrogen-bond donors (Lipinski definition) is 3. The normalized spacial score (nSPS) is 12.8. The molecule has 4 rings (SSSR count). The molecule has 0 atom stereocenters. The van der Waals surface area contributed by atoms with Gasteiger partial charge in [0.15, 0.2) is 0 Å². The van der Waals surface area contributed by atoms with Gasteiger partial charge in [0.2, 0.25) is 0 Å². The van der Waals surface area contributed by atoms with Gasteiger partial charge in [-0.3, -0.25) is 4.79 Å². The lowest BCUT2D eigenvalue weighted by atomic mass is 10.2. The largest absolute Gasteiger partial charge is 0.487 e. The second-order valence-electron chi connectivity index (χ2n) is 7.08. The van der Waals surface area contributed by atoms with E-state index in [0.29, 0.717) is 35.3 Å². The third kappa shape index (κ3) is 5.57.